The van der Waals surface area contributed by atoms with Crippen molar-refractivity contribution in [2.45, 2.75) is 12.8 Å². The molecule has 3 rings (SSSR count). The number of benzene rings is 1. The molecule has 1 amide bonds. The summed E-state index contributed by atoms with van der Waals surface area (Å²) in [6.07, 6.45) is 8.23. The van der Waals surface area contributed by atoms with E-state index in [1.807, 2.05) is 36.4 Å². The van der Waals surface area contributed by atoms with Gasteiger partial charge >= 0.3 is 0 Å². The molecule has 7 heteroatoms. The maximum atomic E-state index is 12.5. The summed E-state index contributed by atoms with van der Waals surface area (Å²) in [6.45, 7) is 1.33. The van der Waals surface area contributed by atoms with Crippen LogP contribution in [0.3, 0.4) is 0 Å². The van der Waals surface area contributed by atoms with Gasteiger partial charge in [0.2, 0.25) is 0 Å². The first-order chi connectivity index (χ1) is 14.2. The Morgan fingerprint density at radius 2 is 1.72 bits per heavy atom. The van der Waals surface area contributed by atoms with Crippen molar-refractivity contribution < 1.29 is 9.53 Å². The number of hydrogen-bond donors (Lipinski definition) is 1. The van der Waals surface area contributed by atoms with E-state index in [0.29, 0.717) is 18.1 Å². The first kappa shape index (κ1) is 20.3. The molecule has 2 aromatic heterocycles. The maximum Gasteiger partial charge on any atom is 0.273 e. The second-order valence-corrected chi connectivity index (χ2v) is 6.64. The van der Waals surface area contributed by atoms with Gasteiger partial charge in [-0.1, -0.05) is 12.1 Å². The molecular formula is C22H25N5O2. The number of pyridine rings is 1. The van der Waals surface area contributed by atoms with Crippen LogP contribution < -0.4 is 10.1 Å². The number of anilines is 1. The predicted octanol–water partition coefficient (Wildman–Crippen LogP) is 2.85. The van der Waals surface area contributed by atoms with Crippen molar-refractivity contribution in [3.63, 3.8) is 0 Å². The standard InChI is InChI=1S/C22H25N5O2/c1-27(14-10-18-7-11-23-12-8-18)22(28)20-15-26-21(16-25-20)24-13-9-17-3-5-19(29-2)6-4-17/h3-8,11-12,15-16H,9-10,13-14H2,1-2H3,(H,24,26). The third kappa shape index (κ3) is 6.00. The highest BCUT2D eigenvalue weighted by molar-refractivity contribution is 5.91. The van der Waals surface area contributed by atoms with Gasteiger partial charge in [0.25, 0.3) is 5.91 Å². The van der Waals surface area contributed by atoms with Crippen LogP contribution in [-0.2, 0) is 12.8 Å². The van der Waals surface area contributed by atoms with Gasteiger partial charge in [-0.15, -0.1) is 0 Å². The monoisotopic (exact) mass is 391 g/mol. The van der Waals surface area contributed by atoms with E-state index in [4.69, 9.17) is 4.74 Å². The molecule has 0 unspecified atom stereocenters. The number of rotatable bonds is 9. The number of nitrogens with one attached hydrogen (secondary N) is 1. The Labute approximate surface area is 170 Å². The van der Waals surface area contributed by atoms with Gasteiger partial charge in [0.1, 0.15) is 17.3 Å². The van der Waals surface area contributed by atoms with Crippen molar-refractivity contribution in [2.24, 2.45) is 0 Å². The van der Waals surface area contributed by atoms with E-state index in [1.165, 1.54) is 11.8 Å². The van der Waals surface area contributed by atoms with Gasteiger partial charge in [-0.2, -0.15) is 0 Å². The number of aromatic nitrogens is 3. The molecule has 2 heterocycles. The van der Waals surface area contributed by atoms with Crippen LogP contribution in [0.2, 0.25) is 0 Å². The Morgan fingerprint density at radius 1 is 1.00 bits per heavy atom. The number of amides is 1. The fraction of sp³-hybridized carbons (Fsp3) is 0.273. The Morgan fingerprint density at radius 3 is 2.38 bits per heavy atom. The summed E-state index contributed by atoms with van der Waals surface area (Å²) in [6, 6.07) is 11.9. The second-order valence-electron chi connectivity index (χ2n) is 6.64. The highest BCUT2D eigenvalue weighted by Crippen LogP contribution is 2.12. The number of likely N-dealkylation sites (N-methyl/N-ethyl adjacent to an activating group) is 1. The third-order valence-corrected chi connectivity index (χ3v) is 4.58. The van der Waals surface area contributed by atoms with Crippen LogP contribution in [0.15, 0.2) is 61.2 Å². The lowest BCUT2D eigenvalue weighted by atomic mass is 10.1. The lowest BCUT2D eigenvalue weighted by Gasteiger charge is -2.16. The number of methoxy groups -OCH3 is 1. The fourth-order valence-electron chi connectivity index (χ4n) is 2.80. The molecule has 0 atom stereocenters. The van der Waals surface area contributed by atoms with Crippen molar-refractivity contribution in [1.82, 2.24) is 19.9 Å². The smallest absolute Gasteiger partial charge is 0.273 e. The van der Waals surface area contributed by atoms with Crippen molar-refractivity contribution in [3.8, 4) is 5.75 Å². The SMILES string of the molecule is COc1ccc(CCNc2cnc(C(=O)N(C)CCc3ccncc3)cn2)cc1. The molecule has 0 aliphatic carbocycles. The Hall–Kier alpha value is -3.48. The van der Waals surface area contributed by atoms with Crippen LogP contribution in [0.4, 0.5) is 5.82 Å². The summed E-state index contributed by atoms with van der Waals surface area (Å²) < 4.78 is 5.16. The van der Waals surface area contributed by atoms with Gasteiger partial charge in [0.05, 0.1) is 19.5 Å². The van der Waals surface area contributed by atoms with E-state index in [2.05, 4.69) is 20.3 Å². The van der Waals surface area contributed by atoms with Gasteiger partial charge in [-0.25, -0.2) is 9.97 Å². The fourth-order valence-corrected chi connectivity index (χ4v) is 2.80. The zero-order chi connectivity index (χ0) is 20.5. The number of nitrogens with zero attached hydrogens (tertiary/aromatic N) is 4. The minimum atomic E-state index is -0.142. The summed E-state index contributed by atoms with van der Waals surface area (Å²) in [7, 11) is 3.43. The first-order valence-electron chi connectivity index (χ1n) is 9.49. The molecule has 0 aliphatic rings. The summed E-state index contributed by atoms with van der Waals surface area (Å²) >= 11 is 0. The maximum absolute atomic E-state index is 12.5. The molecule has 150 valence electrons. The number of ether oxygens (including phenoxy) is 1. The van der Waals surface area contributed by atoms with Gasteiger partial charge in [-0.3, -0.25) is 9.78 Å². The van der Waals surface area contributed by atoms with E-state index in [-0.39, 0.29) is 5.91 Å². The van der Waals surface area contributed by atoms with E-state index < -0.39 is 0 Å². The number of hydrogen-bond acceptors (Lipinski definition) is 6. The summed E-state index contributed by atoms with van der Waals surface area (Å²) in [5.41, 5.74) is 2.68. The van der Waals surface area contributed by atoms with Crippen LogP contribution in [0.5, 0.6) is 5.75 Å². The lowest BCUT2D eigenvalue weighted by molar-refractivity contribution is 0.0790. The first-order valence-corrected chi connectivity index (χ1v) is 9.49. The molecule has 7 nitrogen and oxygen atoms in total. The van der Waals surface area contributed by atoms with E-state index >= 15 is 0 Å². The highest BCUT2D eigenvalue weighted by atomic mass is 16.5. The average Bonchev–Trinajstić information content (AvgIpc) is 2.78. The molecule has 0 radical (unpaired) electrons. The van der Waals surface area contributed by atoms with Gasteiger partial charge in [0.15, 0.2) is 0 Å². The Balaban J connectivity index is 1.46. The zero-order valence-corrected chi connectivity index (χ0v) is 16.7. The van der Waals surface area contributed by atoms with Gasteiger partial charge in [-0.05, 0) is 48.2 Å². The molecule has 3 aromatic rings. The van der Waals surface area contributed by atoms with Crippen LogP contribution in [-0.4, -0.2) is 53.0 Å². The minimum Gasteiger partial charge on any atom is -0.497 e. The Kier molecular flexibility index (Phi) is 7.10. The van der Waals surface area contributed by atoms with E-state index in [1.54, 1.807) is 37.6 Å². The molecule has 0 aliphatic heterocycles. The summed E-state index contributed by atoms with van der Waals surface area (Å²) in [5, 5.41) is 3.23. The molecule has 29 heavy (non-hydrogen) atoms. The molecule has 1 N–H and O–H groups in total. The van der Waals surface area contributed by atoms with Crippen molar-refractivity contribution in [2.75, 3.05) is 32.6 Å². The van der Waals surface area contributed by atoms with Crippen molar-refractivity contribution in [3.05, 3.63) is 78.0 Å². The number of carbonyl (C=O) groups is 1. The normalized spacial score (nSPS) is 10.4. The van der Waals surface area contributed by atoms with Crippen molar-refractivity contribution in [1.29, 1.82) is 0 Å². The molecule has 0 fully saturated rings. The molecule has 1 aromatic carbocycles. The van der Waals surface area contributed by atoms with Crippen LogP contribution >= 0.6 is 0 Å². The molecule has 0 saturated carbocycles. The predicted molar refractivity (Wildman–Crippen MR) is 112 cm³/mol. The van der Waals surface area contributed by atoms with E-state index in [9.17, 15) is 4.79 Å². The third-order valence-electron chi connectivity index (χ3n) is 4.58. The lowest BCUT2D eigenvalue weighted by Crippen LogP contribution is -2.29. The quantitative estimate of drug-likeness (QED) is 0.604. The van der Waals surface area contributed by atoms with E-state index in [0.717, 1.165) is 30.7 Å². The van der Waals surface area contributed by atoms with Crippen LogP contribution in [0, 0.1) is 0 Å². The minimum absolute atomic E-state index is 0.142. The molecule has 0 spiro atoms. The highest BCUT2D eigenvalue weighted by Gasteiger charge is 2.13. The second kappa shape index (κ2) is 10.2. The number of carbonyl (C=O) groups excluding carboxylic acids is 1. The Bertz CT molecular complexity index is 899. The topological polar surface area (TPSA) is 80.2 Å². The molecular weight excluding hydrogens is 366 g/mol. The molecule has 0 bridgehead atoms. The van der Waals surface area contributed by atoms with Crippen LogP contribution in [0.25, 0.3) is 0 Å². The van der Waals surface area contributed by atoms with Gasteiger partial charge in [0, 0.05) is 32.5 Å². The average molecular weight is 391 g/mol. The zero-order valence-electron chi connectivity index (χ0n) is 16.7. The largest absolute Gasteiger partial charge is 0.497 e. The van der Waals surface area contributed by atoms with Gasteiger partial charge < -0.3 is 15.0 Å². The summed E-state index contributed by atoms with van der Waals surface area (Å²) in [5.74, 6) is 1.35. The van der Waals surface area contributed by atoms with Crippen LogP contribution in [0.1, 0.15) is 21.6 Å². The van der Waals surface area contributed by atoms with Crippen molar-refractivity contribution >= 4 is 11.7 Å². The summed E-state index contributed by atoms with van der Waals surface area (Å²) in [4.78, 5) is 26.7. The molecule has 0 saturated heterocycles.